The number of carbonyl (C=O) groups excluding carboxylic acids is 3. The number of rotatable bonds is 6. The zero-order valence-corrected chi connectivity index (χ0v) is 19.6. The van der Waals surface area contributed by atoms with Gasteiger partial charge < -0.3 is 15.2 Å². The van der Waals surface area contributed by atoms with E-state index in [2.05, 4.69) is 21.2 Å². The van der Waals surface area contributed by atoms with Crippen LogP contribution >= 0.6 is 27.7 Å². The number of benzene rings is 2. The van der Waals surface area contributed by atoms with Crippen molar-refractivity contribution in [3.8, 4) is 11.5 Å². The monoisotopic (exact) mass is 504 g/mol. The second-order valence-electron chi connectivity index (χ2n) is 6.86. The zero-order valence-electron chi connectivity index (χ0n) is 17.2. The highest BCUT2D eigenvalue weighted by Crippen LogP contribution is 2.37. The van der Waals surface area contributed by atoms with E-state index in [-0.39, 0.29) is 22.9 Å². The molecule has 7 nitrogen and oxygen atoms in total. The first kappa shape index (κ1) is 22.9. The highest BCUT2D eigenvalue weighted by atomic mass is 79.9. The SMILES string of the molecule is CCOc1cc(/C=C2\SC(=O)N(CC(=O)Nc3c(C)cccc3C)C2=O)c(Br)cc1O. The smallest absolute Gasteiger partial charge is 0.294 e. The van der Waals surface area contributed by atoms with Crippen molar-refractivity contribution in [2.24, 2.45) is 0 Å². The van der Waals surface area contributed by atoms with Gasteiger partial charge in [-0.3, -0.25) is 19.3 Å². The van der Waals surface area contributed by atoms with Crippen LogP contribution in [0.1, 0.15) is 23.6 Å². The lowest BCUT2D eigenvalue weighted by atomic mass is 10.1. The molecule has 1 aliphatic heterocycles. The molecule has 0 unspecified atom stereocenters. The summed E-state index contributed by atoms with van der Waals surface area (Å²) in [5.41, 5.74) is 3.02. The molecule has 2 aromatic carbocycles. The Bertz CT molecular complexity index is 1080. The van der Waals surface area contributed by atoms with E-state index >= 15 is 0 Å². The minimum atomic E-state index is -0.551. The lowest BCUT2D eigenvalue weighted by Crippen LogP contribution is -2.36. The third-order valence-corrected chi connectivity index (χ3v) is 6.18. The summed E-state index contributed by atoms with van der Waals surface area (Å²) in [7, 11) is 0. The van der Waals surface area contributed by atoms with Gasteiger partial charge in [0.05, 0.1) is 11.5 Å². The van der Waals surface area contributed by atoms with Gasteiger partial charge in [0.2, 0.25) is 5.91 Å². The molecule has 3 rings (SSSR count). The number of carbonyl (C=O) groups is 3. The van der Waals surface area contributed by atoms with Crippen molar-refractivity contribution in [3.05, 3.63) is 56.4 Å². The molecule has 0 saturated carbocycles. The molecule has 162 valence electrons. The van der Waals surface area contributed by atoms with E-state index in [1.165, 1.54) is 12.1 Å². The molecule has 2 aromatic rings. The average Bonchev–Trinajstić information content (AvgIpc) is 2.96. The molecule has 0 bridgehead atoms. The van der Waals surface area contributed by atoms with Crippen molar-refractivity contribution in [2.45, 2.75) is 20.8 Å². The highest BCUT2D eigenvalue weighted by Gasteiger charge is 2.36. The molecule has 2 N–H and O–H groups in total. The zero-order chi connectivity index (χ0) is 22.7. The maximum absolute atomic E-state index is 12.8. The lowest BCUT2D eigenvalue weighted by Gasteiger charge is -2.15. The van der Waals surface area contributed by atoms with E-state index < -0.39 is 17.1 Å². The first-order valence-electron chi connectivity index (χ1n) is 9.48. The first-order valence-corrected chi connectivity index (χ1v) is 11.1. The fraction of sp³-hybridized carbons (Fsp3) is 0.227. The van der Waals surface area contributed by atoms with Crippen molar-refractivity contribution < 1.29 is 24.2 Å². The van der Waals surface area contributed by atoms with Crippen molar-refractivity contribution >= 4 is 56.5 Å². The highest BCUT2D eigenvalue weighted by molar-refractivity contribution is 9.10. The van der Waals surface area contributed by atoms with Gasteiger partial charge in [-0.15, -0.1) is 0 Å². The third-order valence-electron chi connectivity index (χ3n) is 4.59. The van der Waals surface area contributed by atoms with Crippen LogP contribution in [0.4, 0.5) is 10.5 Å². The van der Waals surface area contributed by atoms with Crippen LogP contribution < -0.4 is 10.1 Å². The number of amides is 3. The number of halogens is 1. The average molecular weight is 505 g/mol. The quantitative estimate of drug-likeness (QED) is 0.546. The Balaban J connectivity index is 1.78. The predicted octanol–water partition coefficient (Wildman–Crippen LogP) is 4.85. The van der Waals surface area contributed by atoms with Crippen LogP contribution in [0.2, 0.25) is 0 Å². The number of imide groups is 1. The number of nitrogens with zero attached hydrogens (tertiary/aromatic N) is 1. The topological polar surface area (TPSA) is 95.9 Å². The Morgan fingerprint density at radius 3 is 2.58 bits per heavy atom. The summed E-state index contributed by atoms with van der Waals surface area (Å²) in [4.78, 5) is 38.8. The van der Waals surface area contributed by atoms with Crippen molar-refractivity contribution in [2.75, 3.05) is 18.5 Å². The number of hydrogen-bond acceptors (Lipinski definition) is 6. The number of aryl methyl sites for hydroxylation is 2. The molecule has 0 aliphatic carbocycles. The third kappa shape index (κ3) is 5.11. The van der Waals surface area contributed by atoms with Crippen LogP contribution in [0.15, 0.2) is 39.7 Å². The molecule has 9 heteroatoms. The summed E-state index contributed by atoms with van der Waals surface area (Å²) < 4.78 is 5.91. The molecule has 0 aromatic heterocycles. The molecular formula is C22H21BrN2O5S. The van der Waals surface area contributed by atoms with Crippen LogP contribution in [-0.2, 0) is 9.59 Å². The molecule has 0 atom stereocenters. The molecule has 3 amide bonds. The largest absolute Gasteiger partial charge is 0.504 e. The van der Waals surface area contributed by atoms with Gasteiger partial charge in [-0.2, -0.15) is 0 Å². The van der Waals surface area contributed by atoms with Crippen LogP contribution in [0.5, 0.6) is 11.5 Å². The lowest BCUT2D eigenvalue weighted by molar-refractivity contribution is -0.127. The molecular weight excluding hydrogens is 484 g/mol. The van der Waals surface area contributed by atoms with E-state index in [0.717, 1.165) is 27.8 Å². The first-order chi connectivity index (χ1) is 14.7. The van der Waals surface area contributed by atoms with Crippen molar-refractivity contribution in [1.29, 1.82) is 0 Å². The summed E-state index contributed by atoms with van der Waals surface area (Å²) in [6.45, 7) is 5.52. The van der Waals surface area contributed by atoms with Gasteiger partial charge in [0.1, 0.15) is 6.54 Å². The van der Waals surface area contributed by atoms with E-state index in [1.54, 1.807) is 13.0 Å². The van der Waals surface area contributed by atoms with Gasteiger partial charge in [-0.05, 0) is 67.4 Å². The van der Waals surface area contributed by atoms with E-state index in [1.807, 2.05) is 32.0 Å². The maximum atomic E-state index is 12.8. The van der Waals surface area contributed by atoms with Crippen molar-refractivity contribution in [3.63, 3.8) is 0 Å². The van der Waals surface area contributed by atoms with Crippen LogP contribution in [0.25, 0.3) is 6.08 Å². The summed E-state index contributed by atoms with van der Waals surface area (Å²) in [6.07, 6.45) is 1.53. The van der Waals surface area contributed by atoms with Gasteiger partial charge in [0.15, 0.2) is 11.5 Å². The van der Waals surface area contributed by atoms with Crippen molar-refractivity contribution in [1.82, 2.24) is 4.90 Å². The number of nitrogens with one attached hydrogen (secondary N) is 1. The van der Waals surface area contributed by atoms with Gasteiger partial charge in [0, 0.05) is 10.2 Å². The van der Waals surface area contributed by atoms with Crippen LogP contribution in [-0.4, -0.2) is 40.2 Å². The minimum Gasteiger partial charge on any atom is -0.504 e. The van der Waals surface area contributed by atoms with Gasteiger partial charge in [0.25, 0.3) is 11.1 Å². The fourth-order valence-corrected chi connectivity index (χ4v) is 4.33. The maximum Gasteiger partial charge on any atom is 0.294 e. The van der Waals surface area contributed by atoms with Crippen LogP contribution in [0, 0.1) is 13.8 Å². The number of anilines is 1. The predicted molar refractivity (Wildman–Crippen MR) is 124 cm³/mol. The minimum absolute atomic E-state index is 0.0397. The Hall–Kier alpha value is -2.78. The standard InChI is InChI=1S/C22H21BrN2O5S/c1-4-30-17-8-14(15(23)10-16(17)26)9-18-21(28)25(22(29)31-18)11-19(27)24-20-12(2)6-5-7-13(20)3/h5-10,26H,4,11H2,1-3H3,(H,24,27)/b18-9-. The fourth-order valence-electron chi connectivity index (χ4n) is 3.05. The number of thioether (sulfide) groups is 1. The second kappa shape index (κ2) is 9.57. The van der Waals surface area contributed by atoms with Crippen LogP contribution in [0.3, 0.4) is 0 Å². The summed E-state index contributed by atoms with van der Waals surface area (Å²) in [6, 6.07) is 8.67. The summed E-state index contributed by atoms with van der Waals surface area (Å²) >= 11 is 4.10. The number of phenols is 1. The Morgan fingerprint density at radius 1 is 1.26 bits per heavy atom. The number of ether oxygens (including phenoxy) is 1. The Labute approximate surface area is 192 Å². The number of aromatic hydroxyl groups is 1. The van der Waals surface area contributed by atoms with E-state index in [0.29, 0.717) is 22.3 Å². The second-order valence-corrected chi connectivity index (χ2v) is 8.70. The summed E-state index contributed by atoms with van der Waals surface area (Å²) in [5.74, 6) is -0.777. The molecule has 31 heavy (non-hydrogen) atoms. The number of phenolic OH excluding ortho intramolecular Hbond substituents is 1. The molecule has 1 heterocycles. The molecule has 1 saturated heterocycles. The Morgan fingerprint density at radius 2 is 1.94 bits per heavy atom. The van der Waals surface area contributed by atoms with E-state index in [4.69, 9.17) is 4.74 Å². The summed E-state index contributed by atoms with van der Waals surface area (Å²) in [5, 5.41) is 12.2. The van der Waals surface area contributed by atoms with Gasteiger partial charge in [-0.25, -0.2) is 0 Å². The molecule has 0 spiro atoms. The normalized spacial score (nSPS) is 15.0. The molecule has 0 radical (unpaired) electrons. The molecule has 1 fully saturated rings. The van der Waals surface area contributed by atoms with Gasteiger partial charge >= 0.3 is 0 Å². The number of para-hydroxylation sites is 1. The Kier molecular flexibility index (Phi) is 7.07. The molecule has 1 aliphatic rings. The van der Waals surface area contributed by atoms with Gasteiger partial charge in [-0.1, -0.05) is 34.1 Å². The number of hydrogen-bond donors (Lipinski definition) is 2. The van der Waals surface area contributed by atoms with E-state index in [9.17, 15) is 19.5 Å².